The number of carbonyl (C=O) groups is 1. The maximum absolute atomic E-state index is 13.9. The Morgan fingerprint density at radius 3 is 2.16 bits per heavy atom. The predicted octanol–water partition coefficient (Wildman–Crippen LogP) is 7.76. The number of anilines is 1. The summed E-state index contributed by atoms with van der Waals surface area (Å²) in [4.78, 5) is 13.1. The maximum atomic E-state index is 13.9. The van der Waals surface area contributed by atoms with Crippen LogP contribution in [-0.4, -0.2) is 14.4 Å². The van der Waals surface area contributed by atoms with Crippen LogP contribution in [0.4, 0.5) is 5.69 Å². The summed E-state index contributed by atoms with van der Waals surface area (Å²) in [5, 5.41) is 2.24. The Hall–Kier alpha value is -3.84. The van der Waals surface area contributed by atoms with Gasteiger partial charge in [0, 0.05) is 15.8 Å². The molecule has 8 heteroatoms. The number of ether oxygens (including phenoxy) is 1. The first-order valence-electron chi connectivity index (χ1n) is 11.7. The molecule has 0 heterocycles. The van der Waals surface area contributed by atoms with Crippen LogP contribution in [0.3, 0.4) is 0 Å². The van der Waals surface area contributed by atoms with Crippen LogP contribution in [0.1, 0.15) is 15.9 Å². The molecule has 0 saturated heterocycles. The third-order valence-corrected chi connectivity index (χ3v) is 8.39. The van der Waals surface area contributed by atoms with Crippen molar-refractivity contribution in [3.63, 3.8) is 0 Å². The number of para-hydroxylation sites is 1. The minimum absolute atomic E-state index is 0.0539. The van der Waals surface area contributed by atoms with Crippen LogP contribution in [0.5, 0.6) is 5.75 Å². The third kappa shape index (κ3) is 5.24. The number of hydrogen-bond acceptors (Lipinski definition) is 4. The number of halogens is 2. The van der Waals surface area contributed by atoms with Crippen LogP contribution >= 0.6 is 23.2 Å². The molecule has 0 aromatic heterocycles. The summed E-state index contributed by atoms with van der Waals surface area (Å²) in [7, 11) is -4.12. The molecule has 0 fully saturated rings. The first-order chi connectivity index (χ1) is 18.3. The standard InChI is InChI=1S/C30H21Cl2NO4S/c31-26-17-18-29(25-14-5-4-13-24(25)26)37-30(34)22-11-8-12-23(19-22)38(35,36)33(20-21-9-2-1-3-10-21)28-16-7-6-15-27(28)32/h1-19H,20H2. The van der Waals surface area contributed by atoms with Crippen LogP contribution in [0.15, 0.2) is 120 Å². The number of rotatable bonds is 7. The van der Waals surface area contributed by atoms with Crippen LogP contribution in [0.25, 0.3) is 10.8 Å². The zero-order valence-electron chi connectivity index (χ0n) is 19.9. The van der Waals surface area contributed by atoms with E-state index in [4.69, 9.17) is 27.9 Å². The fourth-order valence-corrected chi connectivity index (χ4v) is 6.13. The van der Waals surface area contributed by atoms with Crippen LogP contribution in [0.2, 0.25) is 10.0 Å². The van der Waals surface area contributed by atoms with E-state index in [-0.39, 0.29) is 22.0 Å². The van der Waals surface area contributed by atoms with Gasteiger partial charge in [-0.3, -0.25) is 4.31 Å². The van der Waals surface area contributed by atoms with E-state index >= 15 is 0 Å². The van der Waals surface area contributed by atoms with E-state index in [2.05, 4.69) is 0 Å². The van der Waals surface area contributed by atoms with Gasteiger partial charge in [0.15, 0.2) is 0 Å². The molecule has 0 unspecified atom stereocenters. The summed E-state index contributed by atoms with van der Waals surface area (Å²) >= 11 is 12.7. The van der Waals surface area contributed by atoms with Crippen molar-refractivity contribution >= 4 is 55.7 Å². The molecule has 0 aliphatic heterocycles. The largest absolute Gasteiger partial charge is 0.422 e. The van der Waals surface area contributed by atoms with Crippen molar-refractivity contribution in [3.8, 4) is 5.75 Å². The Balaban J connectivity index is 1.50. The van der Waals surface area contributed by atoms with Gasteiger partial charge in [-0.25, -0.2) is 13.2 Å². The molecule has 0 N–H and O–H groups in total. The molecule has 0 aliphatic carbocycles. The number of hydrogen-bond donors (Lipinski definition) is 0. The molecule has 0 bridgehead atoms. The van der Waals surface area contributed by atoms with Crippen LogP contribution in [-0.2, 0) is 16.6 Å². The van der Waals surface area contributed by atoms with Crippen molar-refractivity contribution in [1.29, 1.82) is 0 Å². The summed E-state index contributed by atoms with van der Waals surface area (Å²) in [6.07, 6.45) is 0. The molecule has 38 heavy (non-hydrogen) atoms. The van der Waals surface area contributed by atoms with Gasteiger partial charge < -0.3 is 4.74 Å². The fraction of sp³-hybridized carbons (Fsp3) is 0.0333. The summed E-state index contributed by atoms with van der Waals surface area (Å²) in [6.45, 7) is 0.0539. The molecule has 0 atom stereocenters. The molecule has 5 nitrogen and oxygen atoms in total. The van der Waals surface area contributed by atoms with Gasteiger partial charge in [0.1, 0.15) is 5.75 Å². The number of sulfonamides is 1. The average molecular weight is 562 g/mol. The number of benzene rings is 5. The summed E-state index contributed by atoms with van der Waals surface area (Å²) in [5.41, 5.74) is 1.20. The van der Waals surface area contributed by atoms with Gasteiger partial charge in [0.05, 0.1) is 27.7 Å². The number of fused-ring (bicyclic) bond motifs is 1. The number of carbonyl (C=O) groups excluding carboxylic acids is 1. The number of nitrogens with zero attached hydrogens (tertiary/aromatic N) is 1. The Morgan fingerprint density at radius 1 is 0.711 bits per heavy atom. The van der Waals surface area contributed by atoms with Crippen LogP contribution in [0, 0.1) is 0 Å². The molecule has 0 amide bonds. The molecular formula is C30H21Cl2NO4S. The lowest BCUT2D eigenvalue weighted by molar-refractivity contribution is 0.0737. The summed E-state index contributed by atoms with van der Waals surface area (Å²) < 4.78 is 34.8. The zero-order chi connectivity index (χ0) is 26.7. The van der Waals surface area contributed by atoms with Crippen molar-refractivity contribution in [1.82, 2.24) is 0 Å². The van der Waals surface area contributed by atoms with Crippen molar-refractivity contribution in [3.05, 3.63) is 136 Å². The lowest BCUT2D eigenvalue weighted by atomic mass is 10.1. The Morgan fingerprint density at radius 2 is 1.39 bits per heavy atom. The van der Waals surface area contributed by atoms with Gasteiger partial charge in [-0.05, 0) is 48.0 Å². The predicted molar refractivity (Wildman–Crippen MR) is 152 cm³/mol. The smallest absolute Gasteiger partial charge is 0.343 e. The molecule has 5 aromatic rings. The van der Waals surface area contributed by atoms with E-state index in [0.717, 1.165) is 10.9 Å². The second kappa shape index (κ2) is 10.9. The lowest BCUT2D eigenvalue weighted by Gasteiger charge is -2.25. The van der Waals surface area contributed by atoms with E-state index in [1.54, 1.807) is 42.5 Å². The Bertz CT molecular complexity index is 1740. The lowest BCUT2D eigenvalue weighted by Crippen LogP contribution is -2.31. The maximum Gasteiger partial charge on any atom is 0.343 e. The molecule has 0 saturated carbocycles. The molecule has 5 rings (SSSR count). The highest BCUT2D eigenvalue weighted by Gasteiger charge is 2.28. The molecule has 0 spiro atoms. The van der Waals surface area contributed by atoms with Gasteiger partial charge >= 0.3 is 5.97 Å². The topological polar surface area (TPSA) is 63.7 Å². The SMILES string of the molecule is O=C(Oc1ccc(Cl)c2ccccc12)c1cccc(S(=O)(=O)N(Cc2ccccc2)c2ccccc2Cl)c1. The highest BCUT2D eigenvalue weighted by Crippen LogP contribution is 2.34. The molecule has 190 valence electrons. The Kier molecular flexibility index (Phi) is 7.38. The normalized spacial score (nSPS) is 11.3. The van der Waals surface area contributed by atoms with E-state index in [1.807, 2.05) is 48.5 Å². The minimum atomic E-state index is -4.12. The van der Waals surface area contributed by atoms with Gasteiger partial charge in [0.25, 0.3) is 10.0 Å². The van der Waals surface area contributed by atoms with Gasteiger partial charge in [0.2, 0.25) is 0 Å². The fourth-order valence-electron chi connectivity index (χ4n) is 4.10. The molecular weight excluding hydrogens is 541 g/mol. The minimum Gasteiger partial charge on any atom is -0.422 e. The van der Waals surface area contributed by atoms with Gasteiger partial charge in [-0.15, -0.1) is 0 Å². The third-order valence-electron chi connectivity index (χ3n) is 5.98. The van der Waals surface area contributed by atoms with Gasteiger partial charge in [-0.2, -0.15) is 0 Å². The van der Waals surface area contributed by atoms with E-state index in [0.29, 0.717) is 21.8 Å². The first-order valence-corrected chi connectivity index (χ1v) is 13.8. The first kappa shape index (κ1) is 25.8. The van der Waals surface area contributed by atoms with E-state index in [9.17, 15) is 13.2 Å². The average Bonchev–Trinajstić information content (AvgIpc) is 2.94. The van der Waals surface area contributed by atoms with Crippen molar-refractivity contribution in [2.45, 2.75) is 11.4 Å². The quantitative estimate of drug-likeness (QED) is 0.150. The van der Waals surface area contributed by atoms with Crippen molar-refractivity contribution < 1.29 is 17.9 Å². The molecule has 5 aromatic carbocycles. The van der Waals surface area contributed by atoms with Gasteiger partial charge in [-0.1, -0.05) is 96.0 Å². The molecule has 0 radical (unpaired) electrons. The van der Waals surface area contributed by atoms with Crippen molar-refractivity contribution in [2.75, 3.05) is 4.31 Å². The second-order valence-corrected chi connectivity index (χ2v) is 11.1. The van der Waals surface area contributed by atoms with Crippen LogP contribution < -0.4 is 9.04 Å². The monoisotopic (exact) mass is 561 g/mol. The summed E-state index contributed by atoms with van der Waals surface area (Å²) in [5.74, 6) is -0.369. The second-order valence-electron chi connectivity index (χ2n) is 8.46. The zero-order valence-corrected chi connectivity index (χ0v) is 22.2. The summed E-state index contributed by atoms with van der Waals surface area (Å²) in [6, 6.07) is 32.3. The Labute approximate surface area is 230 Å². The van der Waals surface area contributed by atoms with Crippen molar-refractivity contribution in [2.24, 2.45) is 0 Å². The molecule has 0 aliphatic rings. The number of esters is 1. The van der Waals surface area contributed by atoms with E-state index in [1.165, 1.54) is 28.6 Å². The highest BCUT2D eigenvalue weighted by atomic mass is 35.5. The highest BCUT2D eigenvalue weighted by molar-refractivity contribution is 7.92. The van der Waals surface area contributed by atoms with E-state index < -0.39 is 16.0 Å².